The number of methoxy groups -OCH3 is 1. The van der Waals surface area contributed by atoms with Crippen LogP contribution < -0.4 is 25.6 Å². The molecule has 1 aliphatic rings. The van der Waals surface area contributed by atoms with E-state index in [-0.39, 0.29) is 6.03 Å². The average Bonchev–Trinajstić information content (AvgIpc) is 3.68. The lowest BCUT2D eigenvalue weighted by molar-refractivity contribution is 0.122. The van der Waals surface area contributed by atoms with Gasteiger partial charge in [-0.15, -0.1) is 11.3 Å². The van der Waals surface area contributed by atoms with Crippen LogP contribution in [-0.4, -0.2) is 58.8 Å². The number of ether oxygens (including phenoxy) is 2. The number of hydrogen-bond acceptors (Lipinski definition) is 9. The number of morpholine rings is 1. The molecule has 0 bridgehead atoms. The van der Waals surface area contributed by atoms with Crippen LogP contribution in [0.25, 0.3) is 27.6 Å². The fourth-order valence-electron chi connectivity index (χ4n) is 5.27. The zero-order chi connectivity index (χ0) is 30.6. The number of urea groups is 1. The molecule has 12 heteroatoms. The lowest BCUT2D eigenvalue weighted by atomic mass is 10.1. The number of thiazole rings is 1. The highest BCUT2D eigenvalue weighted by atomic mass is 32.1. The summed E-state index contributed by atoms with van der Waals surface area (Å²) in [6.45, 7) is 3.26. The smallest absolute Gasteiger partial charge is 0.323 e. The number of para-hydroxylation sites is 2. The number of rotatable bonds is 8. The molecule has 0 radical (unpaired) electrons. The number of benzene rings is 3. The molecule has 3 N–H and O–H groups in total. The molecule has 0 unspecified atom stereocenters. The molecular weight excluding hydrogens is 588 g/mol. The number of amides is 2. The predicted octanol–water partition coefficient (Wildman–Crippen LogP) is 6.75. The number of aromatic nitrogens is 4. The summed E-state index contributed by atoms with van der Waals surface area (Å²) in [6, 6.07) is 24.6. The van der Waals surface area contributed by atoms with Crippen molar-refractivity contribution in [3.05, 3.63) is 96.6 Å². The minimum absolute atomic E-state index is 0.382. The predicted molar refractivity (Wildman–Crippen MR) is 178 cm³/mol. The highest BCUT2D eigenvalue weighted by Gasteiger charge is 2.19. The highest BCUT2D eigenvalue weighted by Crippen LogP contribution is 2.35. The minimum atomic E-state index is -0.382. The van der Waals surface area contributed by atoms with Gasteiger partial charge in [0.25, 0.3) is 0 Å². The zero-order valence-corrected chi connectivity index (χ0v) is 25.3. The summed E-state index contributed by atoms with van der Waals surface area (Å²) in [5.41, 5.74) is 6.37. The van der Waals surface area contributed by atoms with Crippen molar-refractivity contribution in [2.45, 2.75) is 0 Å². The number of nitrogens with zero attached hydrogens (tertiary/aromatic N) is 5. The van der Waals surface area contributed by atoms with Crippen molar-refractivity contribution in [3.8, 4) is 28.4 Å². The fraction of sp³-hybridized carbons (Fsp3) is 0.152. The molecule has 1 fully saturated rings. The van der Waals surface area contributed by atoms with Gasteiger partial charge in [-0.3, -0.25) is 4.40 Å². The van der Waals surface area contributed by atoms with Gasteiger partial charge in [0.05, 0.1) is 37.4 Å². The molecule has 0 spiro atoms. The Kier molecular flexibility index (Phi) is 7.96. The molecule has 7 rings (SSSR count). The van der Waals surface area contributed by atoms with Gasteiger partial charge in [0.15, 0.2) is 4.96 Å². The third-order valence-electron chi connectivity index (χ3n) is 7.41. The Morgan fingerprint density at radius 3 is 2.62 bits per heavy atom. The second-order valence-corrected chi connectivity index (χ2v) is 11.1. The quantitative estimate of drug-likeness (QED) is 0.171. The summed E-state index contributed by atoms with van der Waals surface area (Å²) < 4.78 is 12.8. The molecule has 3 aromatic carbocycles. The van der Waals surface area contributed by atoms with Gasteiger partial charge >= 0.3 is 6.03 Å². The molecule has 2 amide bonds. The Hall–Kier alpha value is -5.46. The first-order chi connectivity index (χ1) is 22.1. The van der Waals surface area contributed by atoms with Crippen LogP contribution in [0.5, 0.6) is 5.75 Å². The van der Waals surface area contributed by atoms with E-state index in [0.717, 1.165) is 59.6 Å². The largest absolute Gasteiger partial charge is 0.495 e. The Bertz CT molecular complexity index is 1950. The van der Waals surface area contributed by atoms with E-state index in [1.54, 1.807) is 36.8 Å². The van der Waals surface area contributed by atoms with E-state index in [9.17, 15) is 4.79 Å². The van der Waals surface area contributed by atoms with Crippen LogP contribution in [-0.2, 0) is 4.74 Å². The van der Waals surface area contributed by atoms with E-state index in [4.69, 9.17) is 19.4 Å². The van der Waals surface area contributed by atoms with Gasteiger partial charge in [0.2, 0.25) is 5.95 Å². The molecule has 1 saturated heterocycles. The summed E-state index contributed by atoms with van der Waals surface area (Å²) >= 11 is 1.54. The molecule has 11 nitrogen and oxygen atoms in total. The summed E-state index contributed by atoms with van der Waals surface area (Å²) in [7, 11) is 1.57. The number of hydrogen-bond donors (Lipinski definition) is 3. The number of carbonyl (C=O) groups excluding carboxylic acids is 1. The monoisotopic (exact) mass is 618 g/mol. The topological polar surface area (TPSA) is 118 Å². The third kappa shape index (κ3) is 6.14. The van der Waals surface area contributed by atoms with Crippen molar-refractivity contribution in [1.82, 2.24) is 19.4 Å². The molecule has 0 saturated carbocycles. The first-order valence-corrected chi connectivity index (χ1v) is 15.3. The molecule has 1 aliphatic heterocycles. The summed E-state index contributed by atoms with van der Waals surface area (Å²) in [5, 5.41) is 11.1. The Labute approximate surface area is 263 Å². The SMILES string of the molecule is COc1ccccc1NC(=O)Nc1cccc(-c2nc3sccn3c2-c2ccnc(Nc3ccc(N4CCOCC4)cc3)n2)c1. The fourth-order valence-corrected chi connectivity index (χ4v) is 5.98. The van der Waals surface area contributed by atoms with Crippen LogP contribution in [0, 0.1) is 0 Å². The third-order valence-corrected chi connectivity index (χ3v) is 8.17. The molecule has 0 atom stereocenters. The summed E-state index contributed by atoms with van der Waals surface area (Å²) in [5.74, 6) is 1.05. The number of carbonyl (C=O) groups is 1. The van der Waals surface area contributed by atoms with Crippen molar-refractivity contribution >= 4 is 51.0 Å². The lowest BCUT2D eigenvalue weighted by Crippen LogP contribution is -2.36. The maximum atomic E-state index is 12.8. The molecule has 6 aromatic rings. The van der Waals surface area contributed by atoms with E-state index in [2.05, 4.69) is 38.0 Å². The van der Waals surface area contributed by atoms with E-state index in [0.29, 0.717) is 28.8 Å². The van der Waals surface area contributed by atoms with Gasteiger partial charge in [-0.05, 0) is 54.6 Å². The summed E-state index contributed by atoms with van der Waals surface area (Å²) in [6.07, 6.45) is 3.72. The van der Waals surface area contributed by atoms with Crippen LogP contribution in [0.3, 0.4) is 0 Å². The molecule has 226 valence electrons. The first-order valence-electron chi connectivity index (χ1n) is 14.4. The van der Waals surface area contributed by atoms with E-state index in [1.165, 1.54) is 0 Å². The maximum absolute atomic E-state index is 12.8. The van der Waals surface area contributed by atoms with Crippen LogP contribution in [0.4, 0.5) is 33.5 Å². The Balaban J connectivity index is 1.14. The minimum Gasteiger partial charge on any atom is -0.495 e. The van der Waals surface area contributed by atoms with Gasteiger partial charge in [0.1, 0.15) is 11.4 Å². The van der Waals surface area contributed by atoms with E-state index >= 15 is 0 Å². The molecule has 0 aliphatic carbocycles. The standard InChI is InChI=1S/C33H30N8O3S/c1-43-28-8-3-2-7-26(28)38-32(42)36-24-6-4-5-22(21-24)29-30(41-17-20-45-33(41)39-29)27-13-14-34-31(37-27)35-23-9-11-25(12-10-23)40-15-18-44-19-16-40/h2-14,17,20-21H,15-16,18-19H2,1H3,(H,34,35,37)(H2,36,38,42). The van der Waals surface area contributed by atoms with Crippen LogP contribution in [0.15, 0.2) is 96.6 Å². The van der Waals surface area contributed by atoms with E-state index < -0.39 is 0 Å². The van der Waals surface area contributed by atoms with E-state index in [1.807, 2.05) is 70.6 Å². The van der Waals surface area contributed by atoms with Gasteiger partial charge in [-0.1, -0.05) is 24.3 Å². The van der Waals surface area contributed by atoms with Crippen molar-refractivity contribution < 1.29 is 14.3 Å². The second kappa shape index (κ2) is 12.6. The van der Waals surface area contributed by atoms with Crippen LogP contribution in [0.2, 0.25) is 0 Å². The number of anilines is 5. The van der Waals surface area contributed by atoms with Crippen molar-refractivity contribution in [1.29, 1.82) is 0 Å². The number of nitrogens with one attached hydrogen (secondary N) is 3. The Morgan fingerprint density at radius 2 is 1.78 bits per heavy atom. The van der Waals surface area contributed by atoms with Crippen LogP contribution >= 0.6 is 11.3 Å². The normalized spacial score (nSPS) is 13.0. The Morgan fingerprint density at radius 1 is 0.933 bits per heavy atom. The lowest BCUT2D eigenvalue weighted by Gasteiger charge is -2.28. The first kappa shape index (κ1) is 28.3. The van der Waals surface area contributed by atoms with Gasteiger partial charge in [0, 0.05) is 53.5 Å². The number of fused-ring (bicyclic) bond motifs is 1. The van der Waals surface area contributed by atoms with Crippen molar-refractivity contribution in [2.75, 3.05) is 54.3 Å². The van der Waals surface area contributed by atoms with Crippen LogP contribution in [0.1, 0.15) is 0 Å². The second-order valence-electron chi connectivity index (χ2n) is 10.3. The average molecular weight is 619 g/mol. The van der Waals surface area contributed by atoms with Crippen molar-refractivity contribution in [3.63, 3.8) is 0 Å². The zero-order valence-electron chi connectivity index (χ0n) is 24.4. The van der Waals surface area contributed by atoms with Gasteiger partial charge < -0.3 is 30.3 Å². The molecule has 45 heavy (non-hydrogen) atoms. The van der Waals surface area contributed by atoms with Gasteiger partial charge in [-0.25, -0.2) is 19.7 Å². The summed E-state index contributed by atoms with van der Waals surface area (Å²) in [4.78, 5) is 30.3. The maximum Gasteiger partial charge on any atom is 0.323 e. The molecule has 4 heterocycles. The molecule has 3 aromatic heterocycles. The van der Waals surface area contributed by atoms with Gasteiger partial charge in [-0.2, -0.15) is 0 Å². The number of imidazole rings is 1. The van der Waals surface area contributed by atoms with Crippen molar-refractivity contribution in [2.24, 2.45) is 0 Å². The molecular formula is C33H30N8O3S. The highest BCUT2D eigenvalue weighted by molar-refractivity contribution is 7.15.